The lowest BCUT2D eigenvalue weighted by molar-refractivity contribution is -0.140. The molecule has 4 heteroatoms. The van der Waals surface area contributed by atoms with E-state index in [4.69, 9.17) is 0 Å². The number of hydrogen-bond acceptors (Lipinski definition) is 4. The van der Waals surface area contributed by atoms with Crippen LogP contribution in [0.1, 0.15) is 71.1 Å². The van der Waals surface area contributed by atoms with Crippen molar-refractivity contribution >= 4 is 23.5 Å². The third-order valence-corrected chi connectivity index (χ3v) is 5.41. The molecule has 3 nitrogen and oxygen atoms in total. The lowest BCUT2D eigenvalue weighted by Crippen LogP contribution is -2.06. The molecular weight excluding hydrogens is 344 g/mol. The van der Waals surface area contributed by atoms with Crippen LogP contribution in [0.5, 0.6) is 0 Å². The van der Waals surface area contributed by atoms with Gasteiger partial charge in [-0.25, -0.2) is 0 Å². The summed E-state index contributed by atoms with van der Waals surface area (Å²) in [5, 5.41) is 0. The van der Waals surface area contributed by atoms with Gasteiger partial charge in [-0.1, -0.05) is 56.9 Å². The van der Waals surface area contributed by atoms with Crippen molar-refractivity contribution in [3.63, 3.8) is 0 Å². The number of allylic oxidation sites excluding steroid dienone is 5. The van der Waals surface area contributed by atoms with Crippen molar-refractivity contribution in [3.05, 3.63) is 34.8 Å². The molecule has 0 radical (unpaired) electrons. The first-order chi connectivity index (χ1) is 12.6. The van der Waals surface area contributed by atoms with Crippen LogP contribution in [0.25, 0.3) is 0 Å². The van der Waals surface area contributed by atoms with Gasteiger partial charge in [0.25, 0.3) is 0 Å². The molecule has 0 aliphatic heterocycles. The van der Waals surface area contributed by atoms with Crippen LogP contribution >= 0.6 is 11.8 Å². The molecule has 146 valence electrons. The van der Waals surface area contributed by atoms with Gasteiger partial charge in [0.05, 0.1) is 13.0 Å². The smallest absolute Gasteiger partial charge is 0.305 e. The molecule has 0 saturated heterocycles. The Bertz CT molecular complexity index is 532. The van der Waals surface area contributed by atoms with Crippen molar-refractivity contribution in [2.45, 2.75) is 71.1 Å². The van der Waals surface area contributed by atoms with E-state index in [0.717, 1.165) is 42.6 Å². The molecule has 0 aromatic carbocycles. The minimum Gasteiger partial charge on any atom is -0.469 e. The Kier molecular flexibility index (Phi) is 12.1. The average molecular weight is 379 g/mol. The standard InChI is InChI=1S/C22H34O3S/c1-4-5-6-7-8-11-14-18-17-20(26-3)19(22(18)24)15-12-9-10-13-16-21(23)25-2/h11,14-15,17-18H,4-10,12-13,16H2,1-3H3. The van der Waals surface area contributed by atoms with Crippen molar-refractivity contribution in [3.8, 4) is 0 Å². The molecule has 0 bridgehead atoms. The predicted molar refractivity (Wildman–Crippen MR) is 111 cm³/mol. The number of carbonyl (C=O) groups excluding carboxylic acids is 2. The van der Waals surface area contributed by atoms with Crippen molar-refractivity contribution in [2.24, 2.45) is 5.92 Å². The Balaban J connectivity index is 2.41. The number of esters is 1. The Morgan fingerprint density at radius 2 is 1.88 bits per heavy atom. The predicted octanol–water partition coefficient (Wildman–Crippen LogP) is 6.01. The Morgan fingerprint density at radius 3 is 2.58 bits per heavy atom. The lowest BCUT2D eigenvalue weighted by atomic mass is 10.0. The van der Waals surface area contributed by atoms with Crippen LogP contribution in [-0.4, -0.2) is 25.1 Å². The van der Waals surface area contributed by atoms with Gasteiger partial charge in [-0.2, -0.15) is 0 Å². The maximum absolute atomic E-state index is 12.6. The highest BCUT2D eigenvalue weighted by Gasteiger charge is 2.27. The van der Waals surface area contributed by atoms with Crippen molar-refractivity contribution < 1.29 is 14.3 Å². The van der Waals surface area contributed by atoms with E-state index in [9.17, 15) is 9.59 Å². The van der Waals surface area contributed by atoms with E-state index in [1.807, 2.05) is 6.26 Å². The van der Waals surface area contributed by atoms with Crippen LogP contribution in [0.4, 0.5) is 0 Å². The molecule has 0 saturated carbocycles. The second-order valence-corrected chi connectivity index (χ2v) is 7.54. The average Bonchev–Trinajstić information content (AvgIpc) is 2.95. The zero-order valence-electron chi connectivity index (χ0n) is 16.6. The number of ether oxygens (including phenoxy) is 1. The Morgan fingerprint density at radius 1 is 1.15 bits per heavy atom. The van der Waals surface area contributed by atoms with Crippen LogP contribution in [0.3, 0.4) is 0 Å². The fourth-order valence-electron chi connectivity index (χ4n) is 3.02. The third-order valence-electron chi connectivity index (χ3n) is 4.61. The van der Waals surface area contributed by atoms with Gasteiger partial charge in [0.2, 0.25) is 0 Å². The van der Waals surface area contributed by atoms with Crippen LogP contribution in [0.15, 0.2) is 34.8 Å². The molecule has 0 spiro atoms. The molecule has 1 unspecified atom stereocenters. The summed E-state index contributed by atoms with van der Waals surface area (Å²) in [5.41, 5.74) is 0.881. The summed E-state index contributed by atoms with van der Waals surface area (Å²) >= 11 is 1.65. The molecule has 0 amide bonds. The first-order valence-electron chi connectivity index (χ1n) is 9.88. The van der Waals surface area contributed by atoms with Gasteiger partial charge in [0.15, 0.2) is 5.78 Å². The van der Waals surface area contributed by atoms with E-state index >= 15 is 0 Å². The fraction of sp³-hybridized carbons (Fsp3) is 0.636. The zero-order chi connectivity index (χ0) is 19.2. The van der Waals surface area contributed by atoms with Gasteiger partial charge < -0.3 is 4.74 Å². The Hall–Kier alpha value is -1.29. The minimum absolute atomic E-state index is 0.0887. The monoisotopic (exact) mass is 378 g/mol. The molecule has 1 aliphatic rings. The first kappa shape index (κ1) is 22.8. The zero-order valence-corrected chi connectivity index (χ0v) is 17.4. The van der Waals surface area contributed by atoms with E-state index in [1.165, 1.54) is 32.8 Å². The molecule has 0 aromatic heterocycles. The molecule has 0 fully saturated rings. The van der Waals surface area contributed by atoms with Crippen molar-refractivity contribution in [1.82, 2.24) is 0 Å². The maximum atomic E-state index is 12.6. The molecule has 0 heterocycles. The van der Waals surface area contributed by atoms with Gasteiger partial charge in [-0.05, 0) is 38.4 Å². The Labute approximate surface area is 163 Å². The van der Waals surface area contributed by atoms with E-state index in [1.54, 1.807) is 11.8 Å². The van der Waals surface area contributed by atoms with Crippen LogP contribution in [-0.2, 0) is 14.3 Å². The number of ketones is 1. The maximum Gasteiger partial charge on any atom is 0.305 e. The number of Topliss-reactive ketones (excluding diaryl/α,β-unsaturated/α-hetero) is 1. The van der Waals surface area contributed by atoms with Gasteiger partial charge in [-0.15, -0.1) is 11.8 Å². The van der Waals surface area contributed by atoms with Crippen LogP contribution in [0, 0.1) is 5.92 Å². The number of hydrogen-bond donors (Lipinski definition) is 0. The molecule has 0 N–H and O–H groups in total. The van der Waals surface area contributed by atoms with Gasteiger partial charge in [0, 0.05) is 16.9 Å². The summed E-state index contributed by atoms with van der Waals surface area (Å²) in [4.78, 5) is 24.8. The summed E-state index contributed by atoms with van der Waals surface area (Å²) < 4.78 is 4.64. The number of rotatable bonds is 13. The molecule has 1 atom stereocenters. The minimum atomic E-state index is -0.147. The SMILES string of the molecule is CCCCCCC=CC1C=C(SC)C(=CCCCCCC(=O)OC)C1=O. The molecule has 26 heavy (non-hydrogen) atoms. The number of thioether (sulfide) groups is 1. The van der Waals surface area contributed by atoms with Gasteiger partial charge in [0.1, 0.15) is 0 Å². The highest BCUT2D eigenvalue weighted by Crippen LogP contribution is 2.34. The van der Waals surface area contributed by atoms with Crippen LogP contribution < -0.4 is 0 Å². The molecule has 0 aromatic rings. The molecule has 1 aliphatic carbocycles. The number of methoxy groups -OCH3 is 1. The molecular formula is C22H34O3S. The number of carbonyl (C=O) groups is 2. The first-order valence-corrected chi connectivity index (χ1v) is 11.1. The third kappa shape index (κ3) is 8.39. The van der Waals surface area contributed by atoms with Gasteiger partial charge >= 0.3 is 5.97 Å². The quantitative estimate of drug-likeness (QED) is 0.170. The lowest BCUT2D eigenvalue weighted by Gasteiger charge is -2.03. The highest BCUT2D eigenvalue weighted by atomic mass is 32.2. The van der Waals surface area contributed by atoms with Crippen LogP contribution in [0.2, 0.25) is 0 Å². The van der Waals surface area contributed by atoms with Gasteiger partial charge in [-0.3, -0.25) is 9.59 Å². The fourth-order valence-corrected chi connectivity index (χ4v) is 3.71. The van der Waals surface area contributed by atoms with Crippen molar-refractivity contribution in [2.75, 3.05) is 13.4 Å². The summed E-state index contributed by atoms with van der Waals surface area (Å²) in [6.07, 6.45) is 20.7. The summed E-state index contributed by atoms with van der Waals surface area (Å²) in [6, 6.07) is 0. The summed E-state index contributed by atoms with van der Waals surface area (Å²) in [7, 11) is 1.42. The van der Waals surface area contributed by atoms with E-state index < -0.39 is 0 Å². The highest BCUT2D eigenvalue weighted by molar-refractivity contribution is 8.02. The normalized spacial score (nSPS) is 18.7. The topological polar surface area (TPSA) is 43.4 Å². The second-order valence-electron chi connectivity index (χ2n) is 6.70. The summed E-state index contributed by atoms with van der Waals surface area (Å²) in [5.74, 6) is -0.00540. The van der Waals surface area contributed by atoms with E-state index in [2.05, 4.69) is 36.0 Å². The van der Waals surface area contributed by atoms with E-state index in [0.29, 0.717) is 6.42 Å². The summed E-state index contributed by atoms with van der Waals surface area (Å²) in [6.45, 7) is 2.22. The molecule has 1 rings (SSSR count). The largest absolute Gasteiger partial charge is 0.469 e. The van der Waals surface area contributed by atoms with Crippen molar-refractivity contribution in [1.29, 1.82) is 0 Å². The number of unbranched alkanes of at least 4 members (excludes halogenated alkanes) is 7. The van der Waals surface area contributed by atoms with E-state index in [-0.39, 0.29) is 17.7 Å². The second kappa shape index (κ2) is 13.9.